The molecule has 0 aliphatic heterocycles. The van der Waals surface area contributed by atoms with Crippen molar-refractivity contribution in [1.82, 2.24) is 15.1 Å². The molecule has 0 spiro atoms. The highest BCUT2D eigenvalue weighted by molar-refractivity contribution is 5.94. The van der Waals surface area contributed by atoms with Crippen LogP contribution in [0.3, 0.4) is 0 Å². The molecular formula is C25H28FN5O4. The highest BCUT2D eigenvalue weighted by Crippen LogP contribution is 2.32. The molecule has 0 bridgehead atoms. The Labute approximate surface area is 202 Å². The SMILES string of the molecule is Cc1nc(-c2onc(C)c2NC(=O)O[C@@H](C)c2cccnc2F)ccc1NC(=O)C1CCCCC1. The Hall–Kier alpha value is -3.82. The predicted octanol–water partition coefficient (Wildman–Crippen LogP) is 5.72. The molecule has 10 heteroatoms. The standard InChI is InChI=1S/C25H28FN5O4/c1-14-19(29-24(32)17-8-5-4-6-9-17)11-12-20(28-14)22-21(15(2)31-35-22)30-25(33)34-16(3)18-10-7-13-27-23(18)26/h7,10-13,16-17H,4-6,8-9H2,1-3H3,(H,29,32)(H,30,33)/t16-/m0/s1. The second-order valence-electron chi connectivity index (χ2n) is 8.68. The van der Waals surface area contributed by atoms with Crippen molar-refractivity contribution in [2.24, 2.45) is 5.92 Å². The van der Waals surface area contributed by atoms with Crippen molar-refractivity contribution < 1.29 is 23.2 Å². The molecule has 2 N–H and O–H groups in total. The normalized spacial score (nSPS) is 14.9. The molecule has 1 saturated carbocycles. The van der Waals surface area contributed by atoms with Gasteiger partial charge in [0.2, 0.25) is 17.6 Å². The Morgan fingerprint density at radius 2 is 1.89 bits per heavy atom. The summed E-state index contributed by atoms with van der Waals surface area (Å²) in [6.07, 6.45) is 4.80. The number of anilines is 2. The van der Waals surface area contributed by atoms with Gasteiger partial charge in [0.15, 0.2) is 0 Å². The fraction of sp³-hybridized carbons (Fsp3) is 0.400. The van der Waals surface area contributed by atoms with E-state index in [2.05, 4.69) is 25.8 Å². The highest BCUT2D eigenvalue weighted by Gasteiger charge is 2.24. The zero-order valence-electron chi connectivity index (χ0n) is 19.9. The lowest BCUT2D eigenvalue weighted by Crippen LogP contribution is -2.25. The molecule has 3 aromatic heterocycles. The molecule has 9 nitrogen and oxygen atoms in total. The first-order chi connectivity index (χ1) is 16.8. The minimum Gasteiger partial charge on any atom is -0.441 e. The van der Waals surface area contributed by atoms with Gasteiger partial charge in [-0.25, -0.2) is 14.8 Å². The molecule has 1 aliphatic carbocycles. The van der Waals surface area contributed by atoms with Crippen molar-refractivity contribution >= 4 is 23.4 Å². The molecule has 0 saturated heterocycles. The summed E-state index contributed by atoms with van der Waals surface area (Å²) in [6, 6.07) is 6.50. The summed E-state index contributed by atoms with van der Waals surface area (Å²) < 4.78 is 24.6. The largest absolute Gasteiger partial charge is 0.441 e. The number of nitrogens with one attached hydrogen (secondary N) is 2. The first-order valence-corrected chi connectivity index (χ1v) is 11.7. The summed E-state index contributed by atoms with van der Waals surface area (Å²) in [7, 11) is 0. The van der Waals surface area contributed by atoms with Crippen LogP contribution in [0.2, 0.25) is 0 Å². The van der Waals surface area contributed by atoms with Gasteiger partial charge in [-0.3, -0.25) is 10.1 Å². The Bertz CT molecular complexity index is 1220. The minimum absolute atomic E-state index is 0.0159. The third kappa shape index (κ3) is 5.64. The van der Waals surface area contributed by atoms with Gasteiger partial charge in [0.1, 0.15) is 23.2 Å². The van der Waals surface area contributed by atoms with Crippen LogP contribution >= 0.6 is 0 Å². The van der Waals surface area contributed by atoms with Gasteiger partial charge in [0.25, 0.3) is 0 Å². The van der Waals surface area contributed by atoms with Crippen LogP contribution in [0, 0.1) is 25.7 Å². The quantitative estimate of drug-likeness (QED) is 0.432. The zero-order chi connectivity index (χ0) is 24.9. The lowest BCUT2D eigenvalue weighted by molar-refractivity contribution is -0.120. The number of hydrogen-bond acceptors (Lipinski definition) is 7. The van der Waals surface area contributed by atoms with E-state index >= 15 is 0 Å². The number of aromatic nitrogens is 3. The van der Waals surface area contributed by atoms with Gasteiger partial charge in [-0.15, -0.1) is 0 Å². The number of halogens is 1. The average Bonchev–Trinajstić information content (AvgIpc) is 3.20. The molecule has 0 radical (unpaired) electrons. The Morgan fingerprint density at radius 1 is 1.11 bits per heavy atom. The average molecular weight is 482 g/mol. The summed E-state index contributed by atoms with van der Waals surface area (Å²) >= 11 is 0. The van der Waals surface area contributed by atoms with E-state index in [1.54, 1.807) is 39.0 Å². The molecule has 4 rings (SSSR count). The fourth-order valence-electron chi connectivity index (χ4n) is 4.17. The Kier molecular flexibility index (Phi) is 7.38. The van der Waals surface area contributed by atoms with Gasteiger partial charge < -0.3 is 14.6 Å². The topological polar surface area (TPSA) is 119 Å². The maximum Gasteiger partial charge on any atom is 0.412 e. The van der Waals surface area contributed by atoms with Gasteiger partial charge in [0, 0.05) is 17.7 Å². The van der Waals surface area contributed by atoms with Gasteiger partial charge in [-0.1, -0.05) is 24.4 Å². The predicted molar refractivity (Wildman–Crippen MR) is 127 cm³/mol. The van der Waals surface area contributed by atoms with Crippen molar-refractivity contribution in [3.63, 3.8) is 0 Å². The van der Waals surface area contributed by atoms with Gasteiger partial charge >= 0.3 is 6.09 Å². The first kappa shape index (κ1) is 24.3. The van der Waals surface area contributed by atoms with Crippen LogP contribution in [0.25, 0.3) is 11.5 Å². The number of carbonyl (C=O) groups is 2. The minimum atomic E-state index is -0.861. The fourth-order valence-corrected chi connectivity index (χ4v) is 4.17. The van der Waals surface area contributed by atoms with Gasteiger partial charge in [-0.05, 0) is 57.9 Å². The third-order valence-electron chi connectivity index (χ3n) is 6.15. The number of ether oxygens (including phenoxy) is 1. The van der Waals surface area contributed by atoms with Crippen molar-refractivity contribution in [2.45, 2.75) is 59.0 Å². The van der Waals surface area contributed by atoms with Crippen LogP contribution in [0.5, 0.6) is 0 Å². The van der Waals surface area contributed by atoms with Gasteiger partial charge in [0.05, 0.1) is 11.4 Å². The number of aryl methyl sites for hydroxylation is 2. The van der Waals surface area contributed by atoms with Crippen LogP contribution in [-0.2, 0) is 9.53 Å². The van der Waals surface area contributed by atoms with E-state index in [0.717, 1.165) is 25.7 Å². The summed E-state index contributed by atoms with van der Waals surface area (Å²) in [5.41, 5.74) is 2.54. The second-order valence-corrected chi connectivity index (χ2v) is 8.68. The van der Waals surface area contributed by atoms with E-state index in [-0.39, 0.29) is 23.1 Å². The number of carbonyl (C=O) groups excluding carboxylic acids is 2. The van der Waals surface area contributed by atoms with Crippen molar-refractivity contribution in [3.05, 3.63) is 53.4 Å². The summed E-state index contributed by atoms with van der Waals surface area (Å²) in [4.78, 5) is 33.2. The van der Waals surface area contributed by atoms with Crippen molar-refractivity contribution in [2.75, 3.05) is 10.6 Å². The Morgan fingerprint density at radius 3 is 2.60 bits per heavy atom. The number of pyridine rings is 2. The lowest BCUT2D eigenvalue weighted by atomic mass is 9.88. The molecule has 1 atom stereocenters. The molecule has 3 aromatic rings. The molecule has 1 fully saturated rings. The summed E-state index contributed by atoms with van der Waals surface area (Å²) in [5.74, 6) is -0.413. The smallest absolute Gasteiger partial charge is 0.412 e. The van der Waals surface area contributed by atoms with E-state index in [4.69, 9.17) is 9.26 Å². The second kappa shape index (κ2) is 10.6. The molecule has 35 heavy (non-hydrogen) atoms. The van der Waals surface area contributed by atoms with Crippen LogP contribution < -0.4 is 10.6 Å². The molecule has 0 aromatic carbocycles. The molecule has 1 aliphatic rings. The first-order valence-electron chi connectivity index (χ1n) is 11.7. The maximum absolute atomic E-state index is 13.9. The van der Waals surface area contributed by atoms with Gasteiger partial charge in [-0.2, -0.15) is 4.39 Å². The molecule has 3 heterocycles. The maximum atomic E-state index is 13.9. The lowest BCUT2D eigenvalue weighted by Gasteiger charge is -2.21. The van der Waals surface area contributed by atoms with E-state index < -0.39 is 18.1 Å². The zero-order valence-corrected chi connectivity index (χ0v) is 19.9. The van der Waals surface area contributed by atoms with Crippen LogP contribution in [0.1, 0.15) is 62.1 Å². The van der Waals surface area contributed by atoms with E-state index in [1.165, 1.54) is 18.7 Å². The molecule has 0 unspecified atom stereocenters. The third-order valence-corrected chi connectivity index (χ3v) is 6.15. The van der Waals surface area contributed by atoms with Crippen LogP contribution in [0.15, 0.2) is 35.0 Å². The summed E-state index contributed by atoms with van der Waals surface area (Å²) in [6.45, 7) is 5.00. The van der Waals surface area contributed by atoms with Crippen LogP contribution in [0.4, 0.5) is 20.6 Å². The highest BCUT2D eigenvalue weighted by atomic mass is 19.1. The number of rotatable bonds is 6. The summed E-state index contributed by atoms with van der Waals surface area (Å²) in [5, 5.41) is 9.53. The monoisotopic (exact) mass is 481 g/mol. The van der Waals surface area contributed by atoms with Crippen LogP contribution in [-0.4, -0.2) is 27.1 Å². The number of amides is 2. The molecular weight excluding hydrogens is 453 g/mol. The van der Waals surface area contributed by atoms with Crippen molar-refractivity contribution in [1.29, 1.82) is 0 Å². The van der Waals surface area contributed by atoms with E-state index in [0.29, 0.717) is 28.5 Å². The number of hydrogen-bond donors (Lipinski definition) is 2. The van der Waals surface area contributed by atoms with E-state index in [9.17, 15) is 14.0 Å². The Balaban J connectivity index is 1.46. The van der Waals surface area contributed by atoms with E-state index in [1.807, 2.05) is 0 Å². The number of nitrogens with zero attached hydrogens (tertiary/aromatic N) is 3. The molecule has 184 valence electrons. The molecule has 2 amide bonds. The van der Waals surface area contributed by atoms with Crippen molar-refractivity contribution in [3.8, 4) is 11.5 Å².